The highest BCUT2D eigenvalue weighted by Crippen LogP contribution is 2.12. The van der Waals surface area contributed by atoms with Gasteiger partial charge in [-0.1, -0.05) is 23.5 Å². The van der Waals surface area contributed by atoms with E-state index in [4.69, 9.17) is 0 Å². The smallest absolute Gasteiger partial charge is 0.307 e. The van der Waals surface area contributed by atoms with E-state index < -0.39 is 0 Å². The maximum absolute atomic E-state index is 12.1. The van der Waals surface area contributed by atoms with E-state index >= 15 is 0 Å². The van der Waals surface area contributed by atoms with Crippen LogP contribution in [0.5, 0.6) is 0 Å². The average Bonchev–Trinajstić information content (AvgIpc) is 2.78. The van der Waals surface area contributed by atoms with Crippen LogP contribution in [0.3, 0.4) is 0 Å². The van der Waals surface area contributed by atoms with Crippen LogP contribution in [0.4, 0.5) is 5.82 Å². The van der Waals surface area contributed by atoms with Crippen molar-refractivity contribution in [1.82, 2.24) is 14.5 Å². The van der Waals surface area contributed by atoms with Crippen LogP contribution in [0, 0.1) is 13.8 Å². The Morgan fingerprint density at radius 1 is 1.26 bits per heavy atom. The lowest BCUT2D eigenvalue weighted by atomic mass is 10.3. The number of benzene rings is 1. The number of amides is 1. The van der Waals surface area contributed by atoms with Gasteiger partial charge in [-0.2, -0.15) is 0 Å². The minimum absolute atomic E-state index is 0.0294. The summed E-state index contributed by atoms with van der Waals surface area (Å²) in [6, 6.07) is 7.46. The van der Waals surface area contributed by atoms with Gasteiger partial charge < -0.3 is 9.88 Å². The summed E-state index contributed by atoms with van der Waals surface area (Å²) in [6.45, 7) is 4.16. The summed E-state index contributed by atoms with van der Waals surface area (Å²) in [7, 11) is 0. The lowest BCUT2D eigenvalue weighted by Gasteiger charge is -2.07. The van der Waals surface area contributed by atoms with Gasteiger partial charge in [-0.15, -0.1) is 0 Å². The van der Waals surface area contributed by atoms with Gasteiger partial charge in [-0.25, -0.2) is 4.98 Å². The molecule has 1 N–H and O–H groups in total. The monoisotopic (exact) mass is 328 g/mol. The van der Waals surface area contributed by atoms with Crippen molar-refractivity contribution in [2.24, 2.45) is 0 Å². The molecule has 0 aliphatic carbocycles. The number of nitrogens with one attached hydrogen (secondary N) is 1. The fourth-order valence-electron chi connectivity index (χ4n) is 2.28. The Morgan fingerprint density at radius 2 is 2.00 bits per heavy atom. The number of fused-ring (bicyclic) bond motifs is 1. The van der Waals surface area contributed by atoms with Crippen molar-refractivity contribution < 1.29 is 4.79 Å². The predicted octanol–water partition coefficient (Wildman–Crippen LogP) is 2.50. The van der Waals surface area contributed by atoms with Crippen molar-refractivity contribution in [3.63, 3.8) is 0 Å². The summed E-state index contributed by atoms with van der Waals surface area (Å²) in [5.41, 5.74) is 2.42. The Kier molecular flexibility index (Phi) is 4.20. The molecule has 0 bridgehead atoms. The lowest BCUT2D eigenvalue weighted by Crippen LogP contribution is -2.20. The molecule has 3 aromatic rings. The number of rotatable bonds is 4. The van der Waals surface area contributed by atoms with Crippen LogP contribution in [0.15, 0.2) is 35.3 Å². The van der Waals surface area contributed by atoms with E-state index in [1.54, 1.807) is 4.57 Å². The second-order valence-electron chi connectivity index (χ2n) is 5.20. The number of para-hydroxylation sites is 2. The molecule has 2 heterocycles. The van der Waals surface area contributed by atoms with Crippen LogP contribution in [-0.4, -0.2) is 20.4 Å². The summed E-state index contributed by atoms with van der Waals surface area (Å²) in [5.74, 6) is 0.226. The lowest BCUT2D eigenvalue weighted by molar-refractivity contribution is -0.116. The van der Waals surface area contributed by atoms with Crippen molar-refractivity contribution in [3.8, 4) is 0 Å². The third kappa shape index (κ3) is 3.29. The third-order valence-corrected chi connectivity index (χ3v) is 4.65. The van der Waals surface area contributed by atoms with E-state index in [9.17, 15) is 9.59 Å². The van der Waals surface area contributed by atoms with Gasteiger partial charge in [-0.05, 0) is 26.0 Å². The fourth-order valence-corrected chi connectivity index (χ4v) is 3.14. The second kappa shape index (κ2) is 6.29. The standard InChI is InChI=1S/C16H16N4O2S/c1-10-11(2)23-16(22)20(10)8-7-15(21)19-14-9-17-12-5-3-4-6-13(12)18-14/h3-6,9H,7-8H2,1-2H3,(H,18,19,21). The number of nitrogens with zero attached hydrogens (tertiary/aromatic N) is 3. The highest BCUT2D eigenvalue weighted by molar-refractivity contribution is 7.09. The van der Waals surface area contributed by atoms with Crippen molar-refractivity contribution in [1.29, 1.82) is 0 Å². The first kappa shape index (κ1) is 15.4. The zero-order chi connectivity index (χ0) is 16.4. The number of aromatic nitrogens is 3. The highest BCUT2D eigenvalue weighted by Gasteiger charge is 2.10. The van der Waals surface area contributed by atoms with Crippen molar-refractivity contribution in [3.05, 3.63) is 50.7 Å². The summed E-state index contributed by atoms with van der Waals surface area (Å²) < 4.78 is 1.63. The summed E-state index contributed by atoms with van der Waals surface area (Å²) >= 11 is 1.21. The minimum Gasteiger partial charge on any atom is -0.309 e. The molecule has 0 radical (unpaired) electrons. The molecule has 0 aliphatic rings. The molecule has 0 aliphatic heterocycles. The van der Waals surface area contributed by atoms with E-state index in [1.165, 1.54) is 17.5 Å². The molecule has 0 saturated heterocycles. The van der Waals surface area contributed by atoms with Crippen LogP contribution in [-0.2, 0) is 11.3 Å². The van der Waals surface area contributed by atoms with Crippen LogP contribution in [0.2, 0.25) is 0 Å². The minimum atomic E-state index is -0.190. The number of hydrogen-bond acceptors (Lipinski definition) is 5. The maximum Gasteiger partial charge on any atom is 0.307 e. The molecule has 0 fully saturated rings. The quantitative estimate of drug-likeness (QED) is 0.798. The number of aryl methyl sites for hydroxylation is 1. The first-order chi connectivity index (χ1) is 11.0. The number of hydrogen-bond donors (Lipinski definition) is 1. The molecule has 118 valence electrons. The topological polar surface area (TPSA) is 76.9 Å². The van der Waals surface area contributed by atoms with Gasteiger partial charge in [0.2, 0.25) is 5.91 Å². The van der Waals surface area contributed by atoms with Crippen LogP contribution in [0.25, 0.3) is 11.0 Å². The summed E-state index contributed by atoms with van der Waals surface area (Å²) in [6.07, 6.45) is 1.75. The number of carbonyl (C=O) groups excluding carboxylic acids is 1. The Bertz CT molecular complexity index is 929. The molecule has 1 aromatic carbocycles. The number of carbonyl (C=O) groups is 1. The zero-order valence-corrected chi connectivity index (χ0v) is 13.7. The number of thiazole rings is 1. The van der Waals surface area contributed by atoms with E-state index in [0.717, 1.165) is 21.6 Å². The Hall–Kier alpha value is -2.54. The summed E-state index contributed by atoms with van der Waals surface area (Å²) in [4.78, 5) is 33.4. The van der Waals surface area contributed by atoms with Gasteiger partial charge in [0.25, 0.3) is 0 Å². The molecule has 0 saturated carbocycles. The third-order valence-electron chi connectivity index (χ3n) is 3.65. The van der Waals surface area contributed by atoms with Crippen LogP contribution >= 0.6 is 11.3 Å². The van der Waals surface area contributed by atoms with E-state index in [0.29, 0.717) is 12.4 Å². The molecule has 6 nitrogen and oxygen atoms in total. The predicted molar refractivity (Wildman–Crippen MR) is 90.8 cm³/mol. The van der Waals surface area contributed by atoms with E-state index in [1.807, 2.05) is 38.1 Å². The van der Waals surface area contributed by atoms with Crippen molar-refractivity contribution in [2.75, 3.05) is 5.32 Å². The molecule has 0 atom stereocenters. The zero-order valence-electron chi connectivity index (χ0n) is 12.9. The maximum atomic E-state index is 12.1. The van der Waals surface area contributed by atoms with Gasteiger partial charge in [0.15, 0.2) is 5.82 Å². The normalized spacial score (nSPS) is 10.9. The Labute approximate surface area is 136 Å². The average molecular weight is 328 g/mol. The SMILES string of the molecule is Cc1sc(=O)n(CCC(=O)Nc2cnc3ccccc3n2)c1C. The second-order valence-corrected chi connectivity index (χ2v) is 6.37. The molecule has 7 heteroatoms. The largest absolute Gasteiger partial charge is 0.309 e. The summed E-state index contributed by atoms with van der Waals surface area (Å²) in [5, 5.41) is 2.73. The van der Waals surface area contributed by atoms with Gasteiger partial charge in [0.1, 0.15) is 0 Å². The van der Waals surface area contributed by atoms with Gasteiger partial charge in [-0.3, -0.25) is 14.6 Å². The van der Waals surface area contributed by atoms with E-state index in [2.05, 4.69) is 15.3 Å². The Morgan fingerprint density at radius 3 is 2.70 bits per heavy atom. The molecule has 2 aromatic heterocycles. The molecule has 3 rings (SSSR count). The molecule has 0 spiro atoms. The first-order valence-electron chi connectivity index (χ1n) is 7.23. The van der Waals surface area contributed by atoms with Gasteiger partial charge in [0, 0.05) is 23.5 Å². The molecule has 0 unspecified atom stereocenters. The van der Waals surface area contributed by atoms with Crippen LogP contribution in [0.1, 0.15) is 17.0 Å². The van der Waals surface area contributed by atoms with Gasteiger partial charge in [0.05, 0.1) is 17.2 Å². The highest BCUT2D eigenvalue weighted by atomic mass is 32.1. The van der Waals surface area contributed by atoms with Crippen LogP contribution < -0.4 is 10.2 Å². The van der Waals surface area contributed by atoms with Gasteiger partial charge >= 0.3 is 4.87 Å². The van der Waals surface area contributed by atoms with E-state index in [-0.39, 0.29) is 17.2 Å². The Balaban J connectivity index is 1.67. The molecule has 23 heavy (non-hydrogen) atoms. The molecule has 1 amide bonds. The van der Waals surface area contributed by atoms with Crippen molar-refractivity contribution in [2.45, 2.75) is 26.8 Å². The fraction of sp³-hybridized carbons (Fsp3) is 0.250. The van der Waals surface area contributed by atoms with Crippen molar-refractivity contribution >= 4 is 34.1 Å². The number of anilines is 1. The molecular formula is C16H16N4O2S. The molecular weight excluding hydrogens is 312 g/mol. The first-order valence-corrected chi connectivity index (χ1v) is 8.05.